The van der Waals surface area contributed by atoms with Crippen LogP contribution in [-0.2, 0) is 0 Å². The van der Waals surface area contributed by atoms with E-state index in [1.165, 1.54) is 11.8 Å². The van der Waals surface area contributed by atoms with E-state index in [1.807, 2.05) is 31.4 Å². The molecule has 0 atom stereocenters. The van der Waals surface area contributed by atoms with Crippen LogP contribution in [0.3, 0.4) is 0 Å². The smallest absolute Gasteiger partial charge is 0.225 e. The lowest BCUT2D eigenvalue weighted by atomic mass is 10.2. The monoisotopic (exact) mass is 340 g/mol. The van der Waals surface area contributed by atoms with Gasteiger partial charge in [-0.3, -0.25) is 0 Å². The molecule has 0 fully saturated rings. The molecule has 0 aliphatic carbocycles. The van der Waals surface area contributed by atoms with Crippen LogP contribution >= 0.6 is 27.7 Å². The van der Waals surface area contributed by atoms with Crippen LogP contribution in [0.4, 0.5) is 5.82 Å². The first-order chi connectivity index (χ1) is 9.12. The molecule has 0 amide bonds. The minimum atomic E-state index is 0.452. The zero-order valence-corrected chi connectivity index (χ0v) is 12.9. The number of hydrogen-bond donors (Lipinski definition) is 2. The SMILES string of the molecule is CSc1nc(NN)cc(Oc2cc(Br)ccc2C)n1. The number of halogens is 1. The summed E-state index contributed by atoms with van der Waals surface area (Å²) in [7, 11) is 0. The van der Waals surface area contributed by atoms with Gasteiger partial charge in [0, 0.05) is 10.5 Å². The van der Waals surface area contributed by atoms with Crippen molar-refractivity contribution in [2.45, 2.75) is 12.1 Å². The van der Waals surface area contributed by atoms with Crippen LogP contribution in [0.25, 0.3) is 0 Å². The number of hydrazine groups is 1. The number of nitrogens with zero attached hydrogens (tertiary/aromatic N) is 2. The first kappa shape index (κ1) is 14.1. The number of aromatic nitrogens is 2. The van der Waals surface area contributed by atoms with Gasteiger partial charge in [0.05, 0.1) is 0 Å². The Morgan fingerprint density at radius 1 is 1.32 bits per heavy atom. The Morgan fingerprint density at radius 2 is 2.11 bits per heavy atom. The van der Waals surface area contributed by atoms with Crippen molar-refractivity contribution < 1.29 is 4.74 Å². The van der Waals surface area contributed by atoms with Crippen molar-refractivity contribution in [1.29, 1.82) is 0 Å². The van der Waals surface area contributed by atoms with Crippen molar-refractivity contribution in [2.75, 3.05) is 11.7 Å². The summed E-state index contributed by atoms with van der Waals surface area (Å²) in [5, 5.41) is 0.595. The van der Waals surface area contributed by atoms with E-state index in [0.29, 0.717) is 16.9 Å². The van der Waals surface area contributed by atoms with Crippen molar-refractivity contribution >= 4 is 33.5 Å². The van der Waals surface area contributed by atoms with E-state index >= 15 is 0 Å². The quantitative estimate of drug-likeness (QED) is 0.385. The average molecular weight is 341 g/mol. The number of nitrogen functional groups attached to an aromatic ring is 1. The second-order valence-corrected chi connectivity index (χ2v) is 5.42. The maximum Gasteiger partial charge on any atom is 0.225 e. The Bertz CT molecular complexity index is 572. The number of aryl methyl sites for hydroxylation is 1. The lowest BCUT2D eigenvalue weighted by Gasteiger charge is -2.10. The molecule has 100 valence electrons. The molecule has 1 heterocycles. The highest BCUT2D eigenvalue weighted by molar-refractivity contribution is 9.10. The van der Waals surface area contributed by atoms with Gasteiger partial charge in [0.15, 0.2) is 5.16 Å². The van der Waals surface area contributed by atoms with Gasteiger partial charge in [-0.05, 0) is 30.9 Å². The van der Waals surface area contributed by atoms with Crippen molar-refractivity contribution in [3.8, 4) is 11.6 Å². The van der Waals surface area contributed by atoms with E-state index in [1.54, 1.807) is 6.07 Å². The summed E-state index contributed by atoms with van der Waals surface area (Å²) in [4.78, 5) is 8.46. The molecule has 0 radical (unpaired) electrons. The first-order valence-corrected chi connectivity index (χ1v) is 7.48. The molecule has 0 saturated heterocycles. The van der Waals surface area contributed by atoms with Gasteiger partial charge in [-0.1, -0.05) is 33.8 Å². The highest BCUT2D eigenvalue weighted by Gasteiger charge is 2.07. The zero-order valence-electron chi connectivity index (χ0n) is 10.5. The fraction of sp³-hybridized carbons (Fsp3) is 0.167. The first-order valence-electron chi connectivity index (χ1n) is 5.46. The van der Waals surface area contributed by atoms with Crippen molar-refractivity contribution in [3.05, 3.63) is 34.3 Å². The second kappa shape index (κ2) is 6.23. The third-order valence-corrected chi connectivity index (χ3v) is 3.42. The number of benzene rings is 1. The number of ether oxygens (including phenoxy) is 1. The molecule has 0 unspecified atom stereocenters. The van der Waals surface area contributed by atoms with Gasteiger partial charge in [0.25, 0.3) is 0 Å². The number of hydrogen-bond acceptors (Lipinski definition) is 6. The fourth-order valence-electron chi connectivity index (χ4n) is 1.42. The number of nitrogens with one attached hydrogen (secondary N) is 1. The summed E-state index contributed by atoms with van der Waals surface area (Å²) in [5.41, 5.74) is 3.52. The standard InChI is InChI=1S/C12H13BrN4OS/c1-7-3-4-8(13)5-9(7)18-11-6-10(17-14)15-12(16-11)19-2/h3-6H,14H2,1-2H3,(H,15,16,17). The summed E-state index contributed by atoms with van der Waals surface area (Å²) < 4.78 is 6.73. The molecule has 5 nitrogen and oxygen atoms in total. The largest absolute Gasteiger partial charge is 0.438 e. The lowest BCUT2D eigenvalue weighted by molar-refractivity contribution is 0.452. The molecule has 0 saturated carbocycles. The van der Waals surface area contributed by atoms with E-state index in [2.05, 4.69) is 31.3 Å². The number of rotatable bonds is 4. The van der Waals surface area contributed by atoms with Crippen LogP contribution in [0.15, 0.2) is 33.9 Å². The van der Waals surface area contributed by atoms with E-state index in [9.17, 15) is 0 Å². The van der Waals surface area contributed by atoms with E-state index in [-0.39, 0.29) is 0 Å². The predicted octanol–water partition coefficient (Wildman–Crippen LogP) is 3.35. The summed E-state index contributed by atoms with van der Waals surface area (Å²) >= 11 is 4.84. The van der Waals surface area contributed by atoms with Gasteiger partial charge in [-0.2, -0.15) is 4.98 Å². The Balaban J connectivity index is 2.34. The molecule has 2 rings (SSSR count). The van der Waals surface area contributed by atoms with Crippen LogP contribution in [0.1, 0.15) is 5.56 Å². The molecular formula is C12H13BrN4OS. The van der Waals surface area contributed by atoms with Crippen LogP contribution in [0, 0.1) is 6.92 Å². The third kappa shape index (κ3) is 3.59. The number of thioether (sulfide) groups is 1. The summed E-state index contributed by atoms with van der Waals surface area (Å²) in [6.07, 6.45) is 1.89. The fourth-order valence-corrected chi connectivity index (χ4v) is 2.13. The summed E-state index contributed by atoms with van der Waals surface area (Å²) in [5.74, 6) is 7.08. The predicted molar refractivity (Wildman–Crippen MR) is 80.6 cm³/mol. The number of anilines is 1. The Labute approximate surface area is 124 Å². The summed E-state index contributed by atoms with van der Waals surface area (Å²) in [6.45, 7) is 1.97. The average Bonchev–Trinajstić information content (AvgIpc) is 2.42. The molecule has 1 aromatic heterocycles. The molecule has 7 heteroatoms. The highest BCUT2D eigenvalue weighted by atomic mass is 79.9. The maximum atomic E-state index is 5.78. The van der Waals surface area contributed by atoms with E-state index < -0.39 is 0 Å². The molecule has 0 aliphatic rings. The molecule has 2 aromatic rings. The van der Waals surface area contributed by atoms with Crippen molar-refractivity contribution in [2.24, 2.45) is 5.84 Å². The van der Waals surface area contributed by atoms with E-state index in [4.69, 9.17) is 10.6 Å². The second-order valence-electron chi connectivity index (χ2n) is 3.73. The van der Waals surface area contributed by atoms with Crippen molar-refractivity contribution in [1.82, 2.24) is 9.97 Å². The van der Waals surface area contributed by atoms with Gasteiger partial charge < -0.3 is 10.2 Å². The molecule has 0 aliphatic heterocycles. The molecule has 19 heavy (non-hydrogen) atoms. The topological polar surface area (TPSA) is 73.1 Å². The van der Waals surface area contributed by atoms with Gasteiger partial charge in [0.2, 0.25) is 5.88 Å². The Hall–Kier alpha value is -1.31. The summed E-state index contributed by atoms with van der Waals surface area (Å²) in [6, 6.07) is 7.48. The third-order valence-electron chi connectivity index (χ3n) is 2.38. The molecule has 0 spiro atoms. The minimum absolute atomic E-state index is 0.452. The minimum Gasteiger partial charge on any atom is -0.438 e. The zero-order chi connectivity index (χ0) is 13.8. The molecular weight excluding hydrogens is 328 g/mol. The molecule has 1 aromatic carbocycles. The lowest BCUT2D eigenvalue weighted by Crippen LogP contribution is -2.09. The van der Waals surface area contributed by atoms with Crippen molar-refractivity contribution in [3.63, 3.8) is 0 Å². The van der Waals surface area contributed by atoms with Crippen LogP contribution in [0.5, 0.6) is 11.6 Å². The Morgan fingerprint density at radius 3 is 2.79 bits per heavy atom. The Kier molecular flexibility index (Phi) is 4.62. The number of nitrogens with two attached hydrogens (primary N) is 1. The van der Waals surface area contributed by atoms with Gasteiger partial charge in [-0.15, -0.1) is 0 Å². The van der Waals surface area contributed by atoms with Crippen LogP contribution < -0.4 is 16.0 Å². The highest BCUT2D eigenvalue weighted by Crippen LogP contribution is 2.28. The molecule has 3 N–H and O–H groups in total. The van der Waals surface area contributed by atoms with Gasteiger partial charge in [0.1, 0.15) is 11.6 Å². The van der Waals surface area contributed by atoms with Crippen LogP contribution in [-0.4, -0.2) is 16.2 Å². The maximum absolute atomic E-state index is 5.78. The van der Waals surface area contributed by atoms with E-state index in [0.717, 1.165) is 15.8 Å². The molecule has 0 bridgehead atoms. The normalized spacial score (nSPS) is 10.3. The van der Waals surface area contributed by atoms with Gasteiger partial charge in [-0.25, -0.2) is 10.8 Å². The van der Waals surface area contributed by atoms with Gasteiger partial charge >= 0.3 is 0 Å². The van der Waals surface area contributed by atoms with Crippen LogP contribution in [0.2, 0.25) is 0 Å².